The van der Waals surface area contributed by atoms with Gasteiger partial charge in [0.1, 0.15) is 0 Å². The van der Waals surface area contributed by atoms with Gasteiger partial charge < -0.3 is 5.32 Å². The normalized spacial score (nSPS) is 22.6. The zero-order valence-electron chi connectivity index (χ0n) is 12.9. The molecule has 1 aromatic rings. The third-order valence-electron chi connectivity index (χ3n) is 4.62. The van der Waals surface area contributed by atoms with Crippen molar-refractivity contribution < 1.29 is 0 Å². The van der Waals surface area contributed by atoms with Crippen LogP contribution in [0.5, 0.6) is 0 Å². The van der Waals surface area contributed by atoms with Crippen molar-refractivity contribution in [3.63, 3.8) is 0 Å². The molecule has 0 aliphatic carbocycles. The predicted molar refractivity (Wildman–Crippen MR) is 82.7 cm³/mol. The van der Waals surface area contributed by atoms with Crippen molar-refractivity contribution >= 4 is 11.3 Å². The smallest absolute Gasteiger partial charge is 0.0897 e. The Labute approximate surface area is 121 Å². The molecule has 0 bridgehead atoms. The van der Waals surface area contributed by atoms with Crippen LogP contribution in [0.1, 0.15) is 51.2 Å². The Kier molecular flexibility index (Phi) is 4.33. The summed E-state index contributed by atoms with van der Waals surface area (Å²) in [6.07, 6.45) is 2.37. The molecular weight excluding hydrogens is 254 g/mol. The number of nitrogens with zero attached hydrogens (tertiary/aromatic N) is 2. The second kappa shape index (κ2) is 5.51. The van der Waals surface area contributed by atoms with Crippen LogP contribution >= 0.6 is 11.3 Å². The molecule has 2 rings (SSSR count). The molecule has 0 radical (unpaired) electrons. The van der Waals surface area contributed by atoms with E-state index in [0.717, 1.165) is 19.6 Å². The molecule has 2 heterocycles. The number of thiazole rings is 1. The van der Waals surface area contributed by atoms with Gasteiger partial charge in [0.05, 0.1) is 10.7 Å². The minimum absolute atomic E-state index is 0.200. The maximum atomic E-state index is 4.63. The summed E-state index contributed by atoms with van der Waals surface area (Å²) < 4.78 is 0. The largest absolute Gasteiger partial charge is 0.308 e. The number of hydrogen-bond donors (Lipinski definition) is 1. The van der Waals surface area contributed by atoms with Gasteiger partial charge in [-0.15, -0.1) is 11.3 Å². The standard InChI is InChI=1S/C15H27N3S/c1-6-15(7-2)11-18(14(4,5)10-16-15)8-13-9-19-12(3)17-13/h9,16H,6-8,10-11H2,1-5H3. The minimum atomic E-state index is 0.200. The van der Waals surface area contributed by atoms with Gasteiger partial charge in [-0.05, 0) is 33.6 Å². The quantitative estimate of drug-likeness (QED) is 0.918. The van der Waals surface area contributed by atoms with E-state index >= 15 is 0 Å². The monoisotopic (exact) mass is 281 g/mol. The van der Waals surface area contributed by atoms with Crippen LogP contribution in [0.2, 0.25) is 0 Å². The Bertz CT molecular complexity index is 421. The second-order valence-electron chi connectivity index (χ2n) is 6.37. The van der Waals surface area contributed by atoms with Crippen molar-refractivity contribution in [2.75, 3.05) is 13.1 Å². The molecule has 0 saturated carbocycles. The summed E-state index contributed by atoms with van der Waals surface area (Å²) in [5.41, 5.74) is 1.70. The lowest BCUT2D eigenvalue weighted by molar-refractivity contribution is 0.0154. The van der Waals surface area contributed by atoms with E-state index in [0.29, 0.717) is 0 Å². The Morgan fingerprint density at radius 2 is 2.05 bits per heavy atom. The lowest BCUT2D eigenvalue weighted by Gasteiger charge is -2.51. The molecule has 0 spiro atoms. The van der Waals surface area contributed by atoms with Crippen molar-refractivity contribution in [2.45, 2.75) is 65.1 Å². The van der Waals surface area contributed by atoms with E-state index < -0.39 is 0 Å². The minimum Gasteiger partial charge on any atom is -0.308 e. The predicted octanol–water partition coefficient (Wildman–Crippen LogP) is 3.19. The SMILES string of the molecule is CCC1(CC)CN(Cc2csc(C)n2)C(C)(C)CN1. The number of hydrogen-bond acceptors (Lipinski definition) is 4. The first-order valence-corrected chi connectivity index (χ1v) is 8.20. The zero-order valence-corrected chi connectivity index (χ0v) is 13.7. The summed E-state index contributed by atoms with van der Waals surface area (Å²) in [7, 11) is 0. The molecule has 1 N–H and O–H groups in total. The van der Waals surface area contributed by atoms with Crippen molar-refractivity contribution in [3.8, 4) is 0 Å². The van der Waals surface area contributed by atoms with Gasteiger partial charge in [0, 0.05) is 36.1 Å². The molecule has 0 unspecified atom stereocenters. The summed E-state index contributed by atoms with van der Waals surface area (Å²) in [5, 5.41) is 7.15. The zero-order chi connectivity index (χ0) is 14.1. The van der Waals surface area contributed by atoms with Crippen LogP contribution in [0.4, 0.5) is 0 Å². The molecule has 3 nitrogen and oxygen atoms in total. The fourth-order valence-corrected chi connectivity index (χ4v) is 3.42. The summed E-state index contributed by atoms with van der Waals surface area (Å²) in [4.78, 5) is 7.23. The van der Waals surface area contributed by atoms with Crippen molar-refractivity contribution in [1.82, 2.24) is 15.2 Å². The molecule has 1 aliphatic rings. The van der Waals surface area contributed by atoms with Gasteiger partial charge in [-0.3, -0.25) is 4.90 Å². The van der Waals surface area contributed by atoms with Gasteiger partial charge >= 0.3 is 0 Å². The third kappa shape index (κ3) is 3.18. The molecule has 1 aromatic heterocycles. The van der Waals surface area contributed by atoms with Gasteiger partial charge in [-0.25, -0.2) is 4.98 Å². The number of piperazine rings is 1. The van der Waals surface area contributed by atoms with Gasteiger partial charge in [-0.2, -0.15) is 0 Å². The van der Waals surface area contributed by atoms with Crippen molar-refractivity contribution in [3.05, 3.63) is 16.1 Å². The summed E-state index contributed by atoms with van der Waals surface area (Å²) in [6.45, 7) is 14.5. The molecule has 19 heavy (non-hydrogen) atoms. The number of aryl methyl sites for hydroxylation is 1. The topological polar surface area (TPSA) is 28.2 Å². The fraction of sp³-hybridized carbons (Fsp3) is 0.800. The maximum Gasteiger partial charge on any atom is 0.0897 e. The van der Waals surface area contributed by atoms with Crippen LogP contribution < -0.4 is 5.32 Å². The summed E-state index contributed by atoms with van der Waals surface area (Å²) in [6, 6.07) is 0. The Morgan fingerprint density at radius 3 is 2.58 bits per heavy atom. The highest BCUT2D eigenvalue weighted by Gasteiger charge is 2.40. The van der Waals surface area contributed by atoms with E-state index in [4.69, 9.17) is 0 Å². The Hall–Kier alpha value is -0.450. The average molecular weight is 281 g/mol. The van der Waals surface area contributed by atoms with Gasteiger partial charge in [0.2, 0.25) is 0 Å². The highest BCUT2D eigenvalue weighted by atomic mass is 32.1. The molecule has 1 saturated heterocycles. The number of nitrogens with one attached hydrogen (secondary N) is 1. The molecule has 1 fully saturated rings. The summed E-state index contributed by atoms with van der Waals surface area (Å²) >= 11 is 1.75. The lowest BCUT2D eigenvalue weighted by atomic mass is 9.85. The maximum absolute atomic E-state index is 4.63. The lowest BCUT2D eigenvalue weighted by Crippen LogP contribution is -2.67. The number of aromatic nitrogens is 1. The number of rotatable bonds is 4. The summed E-state index contributed by atoms with van der Waals surface area (Å²) in [5.74, 6) is 0. The first-order chi connectivity index (χ1) is 8.91. The van der Waals surface area contributed by atoms with E-state index in [-0.39, 0.29) is 11.1 Å². The molecule has 0 amide bonds. The van der Waals surface area contributed by atoms with Crippen LogP contribution in [0, 0.1) is 6.92 Å². The molecule has 108 valence electrons. The molecule has 4 heteroatoms. The third-order valence-corrected chi connectivity index (χ3v) is 5.44. The van der Waals surface area contributed by atoms with Crippen molar-refractivity contribution in [2.24, 2.45) is 0 Å². The van der Waals surface area contributed by atoms with E-state index in [1.807, 2.05) is 0 Å². The van der Waals surface area contributed by atoms with Crippen LogP contribution in [0.15, 0.2) is 5.38 Å². The fourth-order valence-electron chi connectivity index (χ4n) is 2.82. The van der Waals surface area contributed by atoms with E-state index in [9.17, 15) is 0 Å². The highest BCUT2D eigenvalue weighted by molar-refractivity contribution is 7.09. The first-order valence-electron chi connectivity index (χ1n) is 7.32. The van der Waals surface area contributed by atoms with Crippen LogP contribution in [-0.2, 0) is 6.54 Å². The van der Waals surface area contributed by atoms with E-state index in [1.54, 1.807) is 11.3 Å². The van der Waals surface area contributed by atoms with Gasteiger partial charge in [-0.1, -0.05) is 13.8 Å². The van der Waals surface area contributed by atoms with Crippen LogP contribution in [0.3, 0.4) is 0 Å². The Morgan fingerprint density at radius 1 is 1.37 bits per heavy atom. The van der Waals surface area contributed by atoms with Crippen molar-refractivity contribution in [1.29, 1.82) is 0 Å². The first kappa shape index (κ1) is 14.9. The van der Waals surface area contributed by atoms with Gasteiger partial charge in [0.15, 0.2) is 0 Å². The molecule has 0 aromatic carbocycles. The van der Waals surface area contributed by atoms with Gasteiger partial charge in [0.25, 0.3) is 0 Å². The average Bonchev–Trinajstić information content (AvgIpc) is 2.78. The Balaban J connectivity index is 2.14. The van der Waals surface area contributed by atoms with E-state index in [1.165, 1.54) is 23.5 Å². The van der Waals surface area contributed by atoms with Crippen LogP contribution in [-0.4, -0.2) is 34.1 Å². The molecule has 0 atom stereocenters. The molecular formula is C15H27N3S. The highest BCUT2D eigenvalue weighted by Crippen LogP contribution is 2.29. The molecule has 1 aliphatic heterocycles. The van der Waals surface area contributed by atoms with E-state index in [2.05, 4.69) is 55.2 Å². The van der Waals surface area contributed by atoms with Crippen LogP contribution in [0.25, 0.3) is 0 Å². The second-order valence-corrected chi connectivity index (χ2v) is 7.43.